The van der Waals surface area contributed by atoms with Crippen LogP contribution in [0.5, 0.6) is 5.75 Å². The van der Waals surface area contributed by atoms with E-state index in [0.29, 0.717) is 18.0 Å². The Morgan fingerprint density at radius 3 is 2.59 bits per heavy atom. The number of hydrogen-bond acceptors (Lipinski definition) is 10. The molecule has 3 rings (SSSR count). The molecule has 0 saturated carbocycles. The highest BCUT2D eigenvalue weighted by molar-refractivity contribution is 7.89. The first-order valence-corrected chi connectivity index (χ1v) is 9.84. The monoisotopic (exact) mass is 430 g/mol. The van der Waals surface area contributed by atoms with Crippen LogP contribution in [0.4, 0.5) is 0 Å². The second-order valence-electron chi connectivity index (χ2n) is 6.41. The Hall–Kier alpha value is -2.65. The molecule has 1 fully saturated rings. The number of aliphatic carboxylic acids is 1. The molecule has 0 radical (unpaired) electrons. The third-order valence-electron chi connectivity index (χ3n) is 4.36. The topological polar surface area (TPSA) is 205 Å². The number of carboxylic acids is 1. The molecule has 0 unspecified atom stereocenters. The van der Waals surface area contributed by atoms with Gasteiger partial charge in [0.25, 0.3) is 0 Å². The van der Waals surface area contributed by atoms with Gasteiger partial charge in [0.05, 0.1) is 10.5 Å². The predicted molar refractivity (Wildman–Crippen MR) is 96.1 cm³/mol. The lowest BCUT2D eigenvalue weighted by atomic mass is 9.88. The number of sulfonamides is 1. The number of tetrazole rings is 1. The first kappa shape index (κ1) is 22.6. The van der Waals surface area contributed by atoms with Gasteiger partial charge < -0.3 is 20.2 Å². The zero-order valence-corrected chi connectivity index (χ0v) is 16.3. The molecule has 2 atom stereocenters. The zero-order chi connectivity index (χ0) is 21.7. The second-order valence-corrected chi connectivity index (χ2v) is 8.30. The fourth-order valence-corrected chi connectivity index (χ4v) is 4.77. The highest BCUT2D eigenvalue weighted by Gasteiger charge is 2.49. The van der Waals surface area contributed by atoms with E-state index in [1.807, 2.05) is 0 Å². The highest BCUT2D eigenvalue weighted by Crippen LogP contribution is 2.32. The molecule has 2 heterocycles. The van der Waals surface area contributed by atoms with E-state index >= 15 is 0 Å². The average Bonchev–Trinajstić information content (AvgIpc) is 3.20. The first-order chi connectivity index (χ1) is 13.7. The normalized spacial score (nSPS) is 22.4. The van der Waals surface area contributed by atoms with Gasteiger partial charge in [-0.05, 0) is 44.0 Å². The van der Waals surface area contributed by atoms with Gasteiger partial charge in [-0.25, -0.2) is 14.3 Å². The van der Waals surface area contributed by atoms with Crippen molar-refractivity contribution in [1.82, 2.24) is 24.9 Å². The van der Waals surface area contributed by atoms with Crippen LogP contribution in [0.1, 0.15) is 25.6 Å². The summed E-state index contributed by atoms with van der Waals surface area (Å²) in [5, 5.41) is 39.5. The molecule has 13 nitrogen and oxygen atoms in total. The molecule has 0 bridgehead atoms. The van der Waals surface area contributed by atoms with Crippen LogP contribution in [0.3, 0.4) is 0 Å². The van der Waals surface area contributed by atoms with E-state index in [4.69, 9.17) is 9.94 Å². The van der Waals surface area contributed by atoms with Gasteiger partial charge in [-0.1, -0.05) is 5.21 Å². The molecular formula is C15H22N6O7S. The minimum atomic E-state index is -4.10. The summed E-state index contributed by atoms with van der Waals surface area (Å²) in [7, 11) is -4.10. The van der Waals surface area contributed by atoms with E-state index in [2.05, 4.69) is 26.5 Å². The molecule has 1 aromatic carbocycles. The van der Waals surface area contributed by atoms with Crippen molar-refractivity contribution in [1.29, 1.82) is 0 Å². The number of H-pyrrole nitrogens is 1. The molecule has 160 valence electrons. The molecule has 1 aliphatic rings. The van der Waals surface area contributed by atoms with Crippen LogP contribution in [-0.4, -0.2) is 72.9 Å². The number of aliphatic hydroxyl groups is 1. The fraction of sp³-hybridized carbons (Fsp3) is 0.467. The first-order valence-electron chi connectivity index (χ1n) is 8.40. The van der Waals surface area contributed by atoms with Crippen molar-refractivity contribution in [3.63, 3.8) is 0 Å². The molecular weight excluding hydrogens is 408 g/mol. The van der Waals surface area contributed by atoms with Crippen LogP contribution in [0.15, 0.2) is 29.2 Å². The Kier molecular flexibility index (Phi) is 7.21. The number of ether oxygens (including phenoxy) is 1. The average molecular weight is 430 g/mol. The largest absolute Gasteiger partial charge is 0.485 e. The van der Waals surface area contributed by atoms with Gasteiger partial charge in [0.2, 0.25) is 15.8 Å². The summed E-state index contributed by atoms with van der Waals surface area (Å²) in [4.78, 5) is 11.5. The summed E-state index contributed by atoms with van der Waals surface area (Å²) < 4.78 is 32.1. The summed E-state index contributed by atoms with van der Waals surface area (Å²) in [6, 6.07) is 3.99. The van der Waals surface area contributed by atoms with E-state index in [-0.39, 0.29) is 24.5 Å². The third kappa shape index (κ3) is 5.04. The summed E-state index contributed by atoms with van der Waals surface area (Å²) in [6.07, 6.45) is 0.570. The van der Waals surface area contributed by atoms with E-state index in [9.17, 15) is 23.4 Å². The molecule has 0 amide bonds. The van der Waals surface area contributed by atoms with Crippen LogP contribution in [0, 0.1) is 0 Å². The number of carbonyl (C=O) groups is 1. The maximum absolute atomic E-state index is 12.9. The quantitative estimate of drug-likeness (QED) is 0.355. The lowest BCUT2D eigenvalue weighted by Gasteiger charge is -2.41. The molecule has 6 N–H and O–H groups in total. The number of piperidine rings is 1. The van der Waals surface area contributed by atoms with Gasteiger partial charge in [0.15, 0.2) is 12.6 Å². The fourth-order valence-electron chi connectivity index (χ4n) is 3.05. The maximum Gasteiger partial charge on any atom is 0.325 e. The molecule has 29 heavy (non-hydrogen) atoms. The number of hydrogen-bond donors (Lipinski definition) is 5. The number of aromatic nitrogens is 4. The van der Waals surface area contributed by atoms with Crippen LogP contribution in [0.2, 0.25) is 0 Å². The van der Waals surface area contributed by atoms with Crippen molar-refractivity contribution >= 4 is 16.0 Å². The maximum atomic E-state index is 12.9. The van der Waals surface area contributed by atoms with Gasteiger partial charge in [-0.2, -0.15) is 9.52 Å². The minimum absolute atomic E-state index is 0.0194. The smallest absolute Gasteiger partial charge is 0.325 e. The number of nitrogens with zero attached hydrogens (tertiary/aromatic N) is 4. The molecule has 14 heteroatoms. The number of carboxylic acid groups (broad SMARTS) is 1. The number of rotatable bonds is 6. The van der Waals surface area contributed by atoms with E-state index < -0.39 is 27.6 Å². The van der Waals surface area contributed by atoms with Crippen molar-refractivity contribution in [3.8, 4) is 5.75 Å². The number of nitrogens with one attached hydrogen (secondary N) is 1. The Balaban J connectivity index is 0.00000145. The Morgan fingerprint density at radius 2 is 2.03 bits per heavy atom. The second kappa shape index (κ2) is 9.23. The van der Waals surface area contributed by atoms with Crippen LogP contribution < -0.4 is 10.6 Å². The summed E-state index contributed by atoms with van der Waals surface area (Å²) in [5.41, 5.74) is -1.65. The van der Waals surface area contributed by atoms with E-state index in [1.165, 1.54) is 31.2 Å². The molecule has 1 aliphatic heterocycles. The molecule has 1 saturated heterocycles. The highest BCUT2D eigenvalue weighted by atomic mass is 32.2. The van der Waals surface area contributed by atoms with Gasteiger partial charge in [-0.3, -0.25) is 4.79 Å². The molecule has 0 spiro atoms. The predicted octanol–water partition coefficient (Wildman–Crippen LogP) is -0.898. The lowest BCUT2D eigenvalue weighted by molar-refractivity contribution is -0.153. The van der Waals surface area contributed by atoms with Crippen molar-refractivity contribution in [2.75, 3.05) is 6.54 Å². The number of nitrogens with two attached hydrogens (primary N) is 1. The van der Waals surface area contributed by atoms with Crippen molar-refractivity contribution in [2.45, 2.75) is 42.9 Å². The number of benzene rings is 1. The zero-order valence-electron chi connectivity index (χ0n) is 15.5. The summed E-state index contributed by atoms with van der Waals surface area (Å²) in [5.74, 6) is 2.84. The van der Waals surface area contributed by atoms with Gasteiger partial charge >= 0.3 is 5.97 Å². The van der Waals surface area contributed by atoms with Crippen LogP contribution >= 0.6 is 0 Å². The SMILES string of the molecule is C[C@]1(O)CCCN(S(=O)(=O)c2ccc(OCc3nn[nH]n3)cc2)[C@H]1C(=O)O.NO. The van der Waals surface area contributed by atoms with E-state index in [0.717, 1.165) is 4.31 Å². The van der Waals surface area contributed by atoms with E-state index in [1.54, 1.807) is 0 Å². The van der Waals surface area contributed by atoms with Crippen LogP contribution in [-0.2, 0) is 21.4 Å². The molecule has 0 aliphatic carbocycles. The molecule has 2 aromatic rings. The van der Waals surface area contributed by atoms with Gasteiger partial charge in [0.1, 0.15) is 5.75 Å². The minimum Gasteiger partial charge on any atom is -0.485 e. The Bertz CT molecular complexity index is 902. The third-order valence-corrected chi connectivity index (χ3v) is 6.24. The van der Waals surface area contributed by atoms with Crippen LogP contribution in [0.25, 0.3) is 0 Å². The molecule has 1 aromatic heterocycles. The van der Waals surface area contributed by atoms with Gasteiger partial charge in [-0.15, -0.1) is 10.2 Å². The Labute approximate surface area is 166 Å². The Morgan fingerprint density at radius 1 is 1.38 bits per heavy atom. The summed E-state index contributed by atoms with van der Waals surface area (Å²) in [6.45, 7) is 1.41. The number of aromatic amines is 1. The van der Waals surface area contributed by atoms with Crippen molar-refractivity contribution in [3.05, 3.63) is 30.1 Å². The standard InChI is InChI=1S/C15H19N5O6S.H3NO/c1-15(23)7-2-8-20(13(15)14(21)22)27(24,25)11-5-3-10(4-6-11)26-9-12-16-18-19-17-12;1-2/h3-6,13,23H,2,7-9H2,1H3,(H,21,22)(H,16,17,18,19);2H,1H2/t13-,15-;/m0./s1. The summed E-state index contributed by atoms with van der Waals surface area (Å²) >= 11 is 0. The lowest BCUT2D eigenvalue weighted by Crippen LogP contribution is -2.60. The van der Waals surface area contributed by atoms with Crippen molar-refractivity contribution < 1.29 is 33.4 Å². The van der Waals surface area contributed by atoms with Gasteiger partial charge in [0, 0.05) is 6.54 Å². The van der Waals surface area contributed by atoms with Crippen molar-refractivity contribution in [2.24, 2.45) is 5.90 Å².